The molecule has 16 heteroatoms. The van der Waals surface area contributed by atoms with Gasteiger partial charge in [-0.3, -0.25) is 0 Å². The van der Waals surface area contributed by atoms with Crippen molar-refractivity contribution in [2.45, 2.75) is 32.6 Å². The van der Waals surface area contributed by atoms with Crippen molar-refractivity contribution in [2.75, 3.05) is 18.1 Å². The molecule has 1 fully saturated rings. The van der Waals surface area contributed by atoms with Crippen LogP contribution in [0, 0.1) is 0 Å². The van der Waals surface area contributed by atoms with Gasteiger partial charge in [-0.05, 0) is 13.8 Å². The van der Waals surface area contributed by atoms with Crippen LogP contribution in [-0.2, 0) is 16.0 Å². The number of nitrogens with one attached hydrogen (secondary N) is 1. The SMILES string of the molecule is C[C@@H](O)Cn1cnc2c(N)ncnc21.C[C@@H]1COC(=O)O1.Nc1ncnc2nc[nH]c12.[Na+].[OH-]. The van der Waals surface area contributed by atoms with Crippen LogP contribution in [0.4, 0.5) is 16.4 Å². The van der Waals surface area contributed by atoms with Gasteiger partial charge in [0.25, 0.3) is 0 Å². The number of aliphatic hydroxyl groups excluding tert-OH is 1. The van der Waals surface area contributed by atoms with Crippen LogP contribution in [0.15, 0.2) is 25.3 Å². The van der Waals surface area contributed by atoms with Gasteiger partial charge < -0.3 is 41.1 Å². The van der Waals surface area contributed by atoms with E-state index in [1.165, 1.54) is 19.0 Å². The maximum Gasteiger partial charge on any atom is 1.00 e. The second-order valence-electron chi connectivity index (χ2n) is 6.53. The van der Waals surface area contributed by atoms with Crippen molar-refractivity contribution < 1.29 is 54.4 Å². The fourth-order valence-electron chi connectivity index (χ4n) is 2.52. The number of aromatic nitrogens is 8. The van der Waals surface area contributed by atoms with Crippen molar-refractivity contribution in [3.8, 4) is 0 Å². The Labute approximate surface area is 209 Å². The van der Waals surface area contributed by atoms with E-state index in [2.05, 4.69) is 44.4 Å². The predicted octanol–water partition coefficient (Wildman–Crippen LogP) is -2.91. The van der Waals surface area contributed by atoms with Gasteiger partial charge in [0.15, 0.2) is 22.9 Å². The summed E-state index contributed by atoms with van der Waals surface area (Å²) in [6.45, 7) is 4.34. The van der Waals surface area contributed by atoms with Crippen molar-refractivity contribution >= 4 is 40.1 Å². The van der Waals surface area contributed by atoms with E-state index in [-0.39, 0.29) is 41.1 Å². The number of cyclic esters (lactones) is 2. The molecule has 0 radical (unpaired) electrons. The zero-order chi connectivity index (χ0) is 22.4. The molecule has 172 valence electrons. The molecule has 1 aliphatic rings. The third kappa shape index (κ3) is 7.47. The quantitative estimate of drug-likeness (QED) is 0.170. The van der Waals surface area contributed by atoms with Crippen LogP contribution in [0.5, 0.6) is 0 Å². The number of rotatable bonds is 2. The number of nitrogens with zero attached hydrogens (tertiary/aromatic N) is 7. The largest absolute Gasteiger partial charge is 1.00 e. The fraction of sp³-hybridized carbons (Fsp3) is 0.353. The summed E-state index contributed by atoms with van der Waals surface area (Å²) in [4.78, 5) is 36.3. The van der Waals surface area contributed by atoms with Crippen LogP contribution < -0.4 is 41.0 Å². The summed E-state index contributed by atoms with van der Waals surface area (Å²) < 4.78 is 10.7. The molecule has 1 saturated heterocycles. The Balaban J connectivity index is 0.000000254. The Hall–Kier alpha value is -3.11. The van der Waals surface area contributed by atoms with E-state index in [1.54, 1.807) is 24.7 Å². The number of H-pyrrole nitrogens is 1. The first-order valence-electron chi connectivity index (χ1n) is 9.17. The fourth-order valence-corrected chi connectivity index (χ4v) is 2.52. The number of imidazole rings is 2. The maximum absolute atomic E-state index is 10.0. The average molecular weight is 470 g/mol. The summed E-state index contributed by atoms with van der Waals surface area (Å²) in [5.41, 5.74) is 13.6. The second-order valence-corrected chi connectivity index (χ2v) is 6.53. The molecule has 4 aromatic heterocycles. The molecule has 0 aromatic carbocycles. The van der Waals surface area contributed by atoms with Gasteiger partial charge in [-0.1, -0.05) is 0 Å². The van der Waals surface area contributed by atoms with Gasteiger partial charge in [0.1, 0.15) is 36.4 Å². The number of aliphatic hydroxyl groups is 1. The number of carbonyl (C=O) groups excluding carboxylic acids is 1. The standard InChI is InChI=1S/C8H11N5O.C5H5N5.C4H6O3.Na.H2O/c1-5(14)2-13-4-12-6-7(9)10-3-11-8(6)13;6-4-3-5(9-1-7-3)10-2-8-4;1-3-2-6-4(5)7-3;;/h3-5,14H,2H2,1H3,(H2,9,10,11);1-2H,(H3,6,7,8,9,10);3H,2H2,1H3;;1H2/q;;;+1;/p-1/t5-;;3-;;/m1.1../s1. The van der Waals surface area contributed by atoms with E-state index in [4.69, 9.17) is 11.5 Å². The molecule has 15 nitrogen and oxygen atoms in total. The topological polar surface area (TPSA) is 236 Å². The van der Waals surface area contributed by atoms with Crippen LogP contribution in [0.1, 0.15) is 13.8 Å². The number of ether oxygens (including phenoxy) is 2. The summed E-state index contributed by atoms with van der Waals surface area (Å²) in [6, 6.07) is 0. The molecule has 1 aliphatic heterocycles. The van der Waals surface area contributed by atoms with Crippen molar-refractivity contribution in [1.29, 1.82) is 0 Å². The van der Waals surface area contributed by atoms with E-state index in [1.807, 2.05) is 0 Å². The van der Waals surface area contributed by atoms with Crippen molar-refractivity contribution in [1.82, 2.24) is 39.5 Å². The molecule has 0 saturated carbocycles. The number of fused-ring (bicyclic) bond motifs is 2. The van der Waals surface area contributed by atoms with E-state index in [0.717, 1.165) is 0 Å². The summed E-state index contributed by atoms with van der Waals surface area (Å²) in [5, 5.41) is 9.23. The van der Waals surface area contributed by atoms with Gasteiger partial charge >= 0.3 is 35.7 Å². The first kappa shape index (κ1) is 27.9. The zero-order valence-corrected chi connectivity index (χ0v) is 20.3. The molecule has 0 unspecified atom stereocenters. The Bertz CT molecular complexity index is 1170. The second kappa shape index (κ2) is 12.8. The molecule has 5 rings (SSSR count). The first-order valence-corrected chi connectivity index (χ1v) is 9.17. The van der Waals surface area contributed by atoms with Crippen LogP contribution in [-0.4, -0.2) is 75.0 Å². The van der Waals surface area contributed by atoms with E-state index >= 15 is 0 Å². The van der Waals surface area contributed by atoms with Gasteiger partial charge in [0.2, 0.25) is 0 Å². The summed E-state index contributed by atoms with van der Waals surface area (Å²) in [5.74, 6) is 0.793. The Morgan fingerprint density at radius 3 is 2.45 bits per heavy atom. The number of aromatic amines is 1. The minimum Gasteiger partial charge on any atom is -0.870 e. The van der Waals surface area contributed by atoms with Crippen LogP contribution in [0.3, 0.4) is 0 Å². The first-order chi connectivity index (χ1) is 14.8. The molecule has 33 heavy (non-hydrogen) atoms. The Morgan fingerprint density at radius 2 is 1.88 bits per heavy atom. The van der Waals surface area contributed by atoms with Gasteiger partial charge in [-0.25, -0.2) is 34.7 Å². The smallest absolute Gasteiger partial charge is 0.870 e. The third-order valence-corrected chi connectivity index (χ3v) is 3.88. The molecule has 0 bridgehead atoms. The molecule has 2 atom stereocenters. The molecule has 4 aromatic rings. The van der Waals surface area contributed by atoms with Crippen molar-refractivity contribution in [3.63, 3.8) is 0 Å². The van der Waals surface area contributed by atoms with E-state index in [0.29, 0.717) is 47.1 Å². The number of nitrogen functional groups attached to an aromatic ring is 2. The van der Waals surface area contributed by atoms with Crippen molar-refractivity contribution in [2.24, 2.45) is 0 Å². The van der Waals surface area contributed by atoms with E-state index < -0.39 is 12.3 Å². The monoisotopic (exact) mass is 470 g/mol. The van der Waals surface area contributed by atoms with Crippen LogP contribution in [0.25, 0.3) is 22.3 Å². The summed E-state index contributed by atoms with van der Waals surface area (Å²) in [6.07, 6.45) is 4.87. The number of nitrogens with two attached hydrogens (primary N) is 2. The zero-order valence-electron chi connectivity index (χ0n) is 18.3. The minimum absolute atomic E-state index is 0. The maximum atomic E-state index is 10.0. The van der Waals surface area contributed by atoms with Gasteiger partial charge in [-0.15, -0.1) is 0 Å². The molecule has 7 N–H and O–H groups in total. The molecule has 0 aliphatic carbocycles. The van der Waals surface area contributed by atoms with Crippen LogP contribution in [0.2, 0.25) is 0 Å². The molecule has 0 spiro atoms. The average Bonchev–Trinajstić information content (AvgIpc) is 3.44. The van der Waals surface area contributed by atoms with E-state index in [9.17, 15) is 9.90 Å². The molecule has 5 heterocycles. The predicted molar refractivity (Wildman–Crippen MR) is 111 cm³/mol. The Morgan fingerprint density at radius 1 is 1.18 bits per heavy atom. The molecule has 0 amide bonds. The normalized spacial score (nSPS) is 15.0. The summed E-state index contributed by atoms with van der Waals surface area (Å²) >= 11 is 0. The molecular formula is C17H23N10NaO5. The number of anilines is 2. The van der Waals surface area contributed by atoms with Crippen LogP contribution >= 0.6 is 0 Å². The summed E-state index contributed by atoms with van der Waals surface area (Å²) in [7, 11) is 0. The van der Waals surface area contributed by atoms with Gasteiger partial charge in [0.05, 0.1) is 25.3 Å². The number of hydrogen-bond acceptors (Lipinski definition) is 13. The number of hydrogen-bond donors (Lipinski definition) is 4. The van der Waals surface area contributed by atoms with Gasteiger partial charge in [0, 0.05) is 0 Å². The third-order valence-electron chi connectivity index (χ3n) is 3.88. The molecular weight excluding hydrogens is 447 g/mol. The Kier molecular flexibility index (Phi) is 10.8. The van der Waals surface area contributed by atoms with Gasteiger partial charge in [-0.2, -0.15) is 0 Å². The van der Waals surface area contributed by atoms with Crippen molar-refractivity contribution in [3.05, 3.63) is 25.3 Å². The number of carbonyl (C=O) groups is 1. The minimum atomic E-state index is -0.549.